The number of hydrogen-bond acceptors (Lipinski definition) is 3. The molecular weight excluding hydrogens is 331 g/mol. The molecule has 0 unspecified atom stereocenters. The smallest absolute Gasteiger partial charge is 0.340 e. The maximum Gasteiger partial charge on any atom is 0.340 e. The van der Waals surface area contributed by atoms with Crippen LogP contribution in [-0.4, -0.2) is 16.8 Å². The minimum atomic E-state index is -1.04. The summed E-state index contributed by atoms with van der Waals surface area (Å²) in [6, 6.07) is 10.1. The first-order chi connectivity index (χ1) is 10.0. The summed E-state index contributed by atoms with van der Waals surface area (Å²) in [7, 11) is 0. The number of benzene rings is 2. The molecule has 0 aliphatic carbocycles. The molecule has 0 saturated carbocycles. The van der Waals surface area contributed by atoms with Crippen LogP contribution in [0.2, 0.25) is 10.0 Å². The Morgan fingerprint density at radius 2 is 1.86 bits per heavy atom. The van der Waals surface area contributed by atoms with Crippen molar-refractivity contribution in [2.75, 3.05) is 5.75 Å². The molecule has 1 N–H and O–H groups in total. The summed E-state index contributed by atoms with van der Waals surface area (Å²) in [5.41, 5.74) is 0.125. The van der Waals surface area contributed by atoms with E-state index >= 15 is 0 Å². The van der Waals surface area contributed by atoms with E-state index < -0.39 is 5.97 Å². The third-order valence-electron chi connectivity index (χ3n) is 2.64. The fourth-order valence-electron chi connectivity index (χ4n) is 1.76. The van der Waals surface area contributed by atoms with Gasteiger partial charge in [0.1, 0.15) is 22.1 Å². The zero-order chi connectivity index (χ0) is 15.4. The van der Waals surface area contributed by atoms with E-state index in [9.17, 15) is 9.90 Å². The third-order valence-corrected chi connectivity index (χ3v) is 4.38. The van der Waals surface area contributed by atoms with Crippen molar-refractivity contribution in [1.82, 2.24) is 0 Å². The van der Waals surface area contributed by atoms with Crippen molar-refractivity contribution in [3.8, 4) is 11.5 Å². The normalized spacial score (nSPS) is 10.4. The summed E-state index contributed by atoms with van der Waals surface area (Å²) >= 11 is 13.4. The van der Waals surface area contributed by atoms with Crippen LogP contribution in [0.5, 0.6) is 11.5 Å². The molecule has 0 atom stereocenters. The number of carboxylic acids is 1. The van der Waals surface area contributed by atoms with Gasteiger partial charge in [-0.1, -0.05) is 42.3 Å². The number of aromatic carboxylic acids is 1. The maximum atomic E-state index is 11.5. The fourth-order valence-corrected chi connectivity index (χ4v) is 2.91. The number of hydrogen-bond donors (Lipinski definition) is 1. The summed E-state index contributed by atoms with van der Waals surface area (Å²) in [5, 5.41) is 10.0. The molecule has 0 spiro atoms. The molecular formula is C15H12Cl2O3S. The van der Waals surface area contributed by atoms with Gasteiger partial charge in [0.25, 0.3) is 0 Å². The van der Waals surface area contributed by atoms with E-state index in [4.69, 9.17) is 27.9 Å². The first kappa shape index (κ1) is 16.0. The van der Waals surface area contributed by atoms with Crippen LogP contribution in [0.3, 0.4) is 0 Å². The van der Waals surface area contributed by atoms with Gasteiger partial charge in [-0.3, -0.25) is 0 Å². The summed E-state index contributed by atoms with van der Waals surface area (Å²) in [4.78, 5) is 12.2. The van der Waals surface area contributed by atoms with Crippen LogP contribution in [-0.2, 0) is 0 Å². The minimum absolute atomic E-state index is 0.125. The van der Waals surface area contributed by atoms with E-state index in [0.29, 0.717) is 15.7 Å². The number of rotatable bonds is 5. The van der Waals surface area contributed by atoms with Crippen LogP contribution in [0.1, 0.15) is 17.3 Å². The van der Waals surface area contributed by atoms with Crippen LogP contribution >= 0.6 is 35.0 Å². The van der Waals surface area contributed by atoms with Crippen molar-refractivity contribution in [3.05, 3.63) is 52.0 Å². The highest BCUT2D eigenvalue weighted by Crippen LogP contribution is 2.38. The first-order valence-electron chi connectivity index (χ1n) is 6.15. The predicted octanol–water partition coefficient (Wildman–Crippen LogP) is 5.60. The Bertz CT molecular complexity index is 674. The lowest BCUT2D eigenvalue weighted by Crippen LogP contribution is -2.02. The van der Waals surface area contributed by atoms with Gasteiger partial charge in [0, 0.05) is 4.90 Å². The molecule has 0 amide bonds. The zero-order valence-electron chi connectivity index (χ0n) is 11.1. The lowest BCUT2D eigenvalue weighted by atomic mass is 10.2. The number of ether oxygens (including phenoxy) is 1. The van der Waals surface area contributed by atoms with Gasteiger partial charge in [-0.2, -0.15) is 0 Å². The van der Waals surface area contributed by atoms with E-state index in [-0.39, 0.29) is 16.3 Å². The Labute approximate surface area is 136 Å². The zero-order valence-corrected chi connectivity index (χ0v) is 13.4. The molecule has 2 aromatic carbocycles. The Morgan fingerprint density at radius 3 is 2.52 bits per heavy atom. The van der Waals surface area contributed by atoms with Crippen molar-refractivity contribution >= 4 is 40.9 Å². The van der Waals surface area contributed by atoms with Gasteiger partial charge in [0.2, 0.25) is 0 Å². The van der Waals surface area contributed by atoms with Crippen LogP contribution in [0, 0.1) is 0 Å². The van der Waals surface area contributed by atoms with Gasteiger partial charge in [0.15, 0.2) is 0 Å². The van der Waals surface area contributed by atoms with E-state index in [1.807, 2.05) is 6.92 Å². The third kappa shape index (κ3) is 3.64. The van der Waals surface area contributed by atoms with Crippen LogP contribution in [0.15, 0.2) is 41.3 Å². The van der Waals surface area contributed by atoms with Crippen LogP contribution < -0.4 is 4.74 Å². The molecule has 0 heterocycles. The van der Waals surface area contributed by atoms with E-state index in [1.54, 1.807) is 36.4 Å². The van der Waals surface area contributed by atoms with Gasteiger partial charge in [0.05, 0.1) is 5.02 Å². The minimum Gasteiger partial charge on any atom is -0.478 e. The second kappa shape index (κ2) is 7.07. The van der Waals surface area contributed by atoms with Crippen molar-refractivity contribution in [2.45, 2.75) is 11.8 Å². The van der Waals surface area contributed by atoms with Crippen molar-refractivity contribution < 1.29 is 14.6 Å². The Hall–Kier alpha value is -1.36. The Balaban J connectivity index is 2.46. The topological polar surface area (TPSA) is 46.5 Å². The van der Waals surface area contributed by atoms with Gasteiger partial charge < -0.3 is 9.84 Å². The fraction of sp³-hybridized carbons (Fsp3) is 0.133. The van der Waals surface area contributed by atoms with Crippen molar-refractivity contribution in [1.29, 1.82) is 0 Å². The maximum absolute atomic E-state index is 11.5. The Morgan fingerprint density at radius 1 is 1.19 bits per heavy atom. The summed E-state index contributed by atoms with van der Waals surface area (Å²) in [6.45, 7) is 1.96. The molecule has 0 aromatic heterocycles. The SMILES string of the molecule is CCSc1cccc(Oc2cccc(Cl)c2Cl)c1C(=O)O. The second-order valence-corrected chi connectivity index (χ2v) is 6.11. The van der Waals surface area contributed by atoms with Gasteiger partial charge in [-0.15, -0.1) is 11.8 Å². The molecule has 0 bridgehead atoms. The highest BCUT2D eigenvalue weighted by Gasteiger charge is 2.18. The van der Waals surface area contributed by atoms with Gasteiger partial charge in [-0.25, -0.2) is 4.79 Å². The molecule has 0 radical (unpaired) electrons. The summed E-state index contributed by atoms with van der Waals surface area (Å²) in [6.07, 6.45) is 0. The largest absolute Gasteiger partial charge is 0.478 e. The molecule has 2 aromatic rings. The van der Waals surface area contributed by atoms with E-state index in [1.165, 1.54) is 11.8 Å². The molecule has 6 heteroatoms. The summed E-state index contributed by atoms with van der Waals surface area (Å²) < 4.78 is 5.66. The monoisotopic (exact) mass is 342 g/mol. The molecule has 110 valence electrons. The molecule has 0 saturated heterocycles. The quantitative estimate of drug-likeness (QED) is 0.718. The highest BCUT2D eigenvalue weighted by atomic mass is 35.5. The second-order valence-electron chi connectivity index (χ2n) is 4.02. The number of thioether (sulfide) groups is 1. The average Bonchev–Trinajstić information content (AvgIpc) is 2.44. The summed E-state index contributed by atoms with van der Waals surface area (Å²) in [5.74, 6) is 0.289. The standard InChI is InChI=1S/C15H12Cl2O3S/c1-2-21-12-8-4-6-10(13(12)15(18)19)20-11-7-3-5-9(16)14(11)17/h3-8H,2H2,1H3,(H,18,19). The highest BCUT2D eigenvalue weighted by molar-refractivity contribution is 7.99. The van der Waals surface area contributed by atoms with Gasteiger partial charge >= 0.3 is 5.97 Å². The first-order valence-corrected chi connectivity index (χ1v) is 7.89. The number of carbonyl (C=O) groups is 1. The van der Waals surface area contributed by atoms with Crippen molar-refractivity contribution in [2.24, 2.45) is 0 Å². The van der Waals surface area contributed by atoms with Crippen LogP contribution in [0.25, 0.3) is 0 Å². The van der Waals surface area contributed by atoms with Crippen LogP contribution in [0.4, 0.5) is 0 Å². The molecule has 0 fully saturated rings. The lowest BCUT2D eigenvalue weighted by molar-refractivity contribution is 0.0690. The van der Waals surface area contributed by atoms with Gasteiger partial charge in [-0.05, 0) is 30.0 Å². The van der Waals surface area contributed by atoms with Crippen molar-refractivity contribution in [3.63, 3.8) is 0 Å². The predicted molar refractivity (Wildman–Crippen MR) is 86.3 cm³/mol. The lowest BCUT2D eigenvalue weighted by Gasteiger charge is -2.13. The molecule has 0 aliphatic rings. The number of carboxylic acid groups (broad SMARTS) is 1. The molecule has 0 aliphatic heterocycles. The van der Waals surface area contributed by atoms with E-state index in [2.05, 4.69) is 0 Å². The van der Waals surface area contributed by atoms with E-state index in [0.717, 1.165) is 5.75 Å². The average molecular weight is 343 g/mol. The molecule has 21 heavy (non-hydrogen) atoms. The molecule has 2 rings (SSSR count). The molecule has 3 nitrogen and oxygen atoms in total. The Kier molecular flexibility index (Phi) is 5.39. The number of halogens is 2.